The average Bonchev–Trinajstić information content (AvgIpc) is 2.38. The second kappa shape index (κ2) is 5.03. The molecule has 0 spiro atoms. The van der Waals surface area contributed by atoms with E-state index in [9.17, 15) is 0 Å². The van der Waals surface area contributed by atoms with Crippen LogP contribution in [0.3, 0.4) is 0 Å². The molecule has 0 bridgehead atoms. The summed E-state index contributed by atoms with van der Waals surface area (Å²) in [4.78, 5) is 4.35. The number of benzene rings is 2. The third-order valence-corrected chi connectivity index (χ3v) is 2.22. The summed E-state index contributed by atoms with van der Waals surface area (Å²) in [5, 5.41) is 7.09. The van der Waals surface area contributed by atoms with E-state index < -0.39 is 0 Å². The molecule has 0 amide bonds. The maximum Gasteiger partial charge on any atom is 0.0629 e. The van der Waals surface area contributed by atoms with Crippen LogP contribution in [-0.4, -0.2) is 12.4 Å². The summed E-state index contributed by atoms with van der Waals surface area (Å²) in [5.41, 5.74) is 2.88. The Morgan fingerprint density at radius 1 is 0.812 bits per heavy atom. The lowest BCUT2D eigenvalue weighted by Crippen LogP contribution is -1.83. The summed E-state index contributed by atoms with van der Waals surface area (Å²) in [6, 6.07) is 17.5. The predicted octanol–water partition coefficient (Wildman–Crippen LogP) is 3.43. The van der Waals surface area contributed by atoms with E-state index in [1.54, 1.807) is 0 Å². The molecule has 2 aromatic carbocycles. The Balaban J connectivity index is 2.14. The molecule has 0 unspecified atom stereocenters. The summed E-state index contributed by atoms with van der Waals surface area (Å²) >= 11 is 0. The smallest absolute Gasteiger partial charge is 0.0629 e. The molecule has 0 aromatic heterocycles. The van der Waals surface area contributed by atoms with Crippen LogP contribution in [0.2, 0.25) is 0 Å². The SMILES string of the molecule is N=Cc1ccc(C=Nc2ccccc2)cc1. The molecular weight excluding hydrogens is 196 g/mol. The van der Waals surface area contributed by atoms with E-state index >= 15 is 0 Å². The maximum absolute atomic E-state index is 7.09. The van der Waals surface area contributed by atoms with Crippen molar-refractivity contribution in [2.24, 2.45) is 4.99 Å². The standard InChI is InChI=1S/C14H12N2/c15-10-12-6-8-13(9-7-12)11-16-14-4-2-1-3-5-14/h1-11,15H. The first-order valence-electron chi connectivity index (χ1n) is 5.08. The van der Waals surface area contributed by atoms with Crippen LogP contribution < -0.4 is 0 Å². The quantitative estimate of drug-likeness (QED) is 0.750. The number of nitrogens with zero attached hydrogens (tertiary/aromatic N) is 1. The van der Waals surface area contributed by atoms with E-state index in [4.69, 9.17) is 5.41 Å². The van der Waals surface area contributed by atoms with Crippen LogP contribution >= 0.6 is 0 Å². The number of nitrogens with one attached hydrogen (secondary N) is 1. The summed E-state index contributed by atoms with van der Waals surface area (Å²) in [7, 11) is 0. The van der Waals surface area contributed by atoms with Gasteiger partial charge in [0.2, 0.25) is 0 Å². The highest BCUT2D eigenvalue weighted by atomic mass is 14.7. The largest absolute Gasteiger partial charge is 0.308 e. The zero-order chi connectivity index (χ0) is 11.2. The second-order valence-electron chi connectivity index (χ2n) is 3.40. The Morgan fingerprint density at radius 2 is 1.44 bits per heavy atom. The fourth-order valence-corrected chi connectivity index (χ4v) is 1.34. The van der Waals surface area contributed by atoms with Crippen molar-refractivity contribution in [3.63, 3.8) is 0 Å². The number of aliphatic imine (C=N–C) groups is 1. The Kier molecular flexibility index (Phi) is 3.24. The van der Waals surface area contributed by atoms with Crippen molar-refractivity contribution in [1.29, 1.82) is 5.41 Å². The van der Waals surface area contributed by atoms with Crippen LogP contribution in [-0.2, 0) is 0 Å². The van der Waals surface area contributed by atoms with Crippen molar-refractivity contribution in [3.8, 4) is 0 Å². The molecule has 1 N–H and O–H groups in total. The Labute approximate surface area is 94.8 Å². The molecular formula is C14H12N2. The molecule has 2 aromatic rings. The average molecular weight is 208 g/mol. The van der Waals surface area contributed by atoms with Gasteiger partial charge in [0.25, 0.3) is 0 Å². The third kappa shape index (κ3) is 2.64. The van der Waals surface area contributed by atoms with E-state index in [1.165, 1.54) is 6.21 Å². The minimum Gasteiger partial charge on any atom is -0.308 e. The van der Waals surface area contributed by atoms with E-state index in [0.29, 0.717) is 0 Å². The lowest BCUT2D eigenvalue weighted by Gasteiger charge is -1.95. The first-order valence-corrected chi connectivity index (χ1v) is 5.08. The summed E-state index contributed by atoms with van der Waals surface area (Å²) in [6.45, 7) is 0. The van der Waals surface area contributed by atoms with Gasteiger partial charge in [0.05, 0.1) is 5.69 Å². The first kappa shape index (κ1) is 10.3. The lowest BCUT2D eigenvalue weighted by atomic mass is 10.1. The molecule has 0 aliphatic rings. The predicted molar refractivity (Wildman–Crippen MR) is 68.0 cm³/mol. The van der Waals surface area contributed by atoms with Gasteiger partial charge in [0.15, 0.2) is 0 Å². The van der Waals surface area contributed by atoms with Crippen LogP contribution in [0.15, 0.2) is 59.6 Å². The van der Waals surface area contributed by atoms with Crippen molar-refractivity contribution in [3.05, 3.63) is 65.7 Å². The van der Waals surface area contributed by atoms with Gasteiger partial charge in [-0.3, -0.25) is 4.99 Å². The van der Waals surface area contributed by atoms with Crippen LogP contribution in [0.5, 0.6) is 0 Å². The van der Waals surface area contributed by atoms with E-state index in [2.05, 4.69) is 4.99 Å². The van der Waals surface area contributed by atoms with Crippen molar-refractivity contribution in [2.75, 3.05) is 0 Å². The lowest BCUT2D eigenvalue weighted by molar-refractivity contribution is 1.51. The molecule has 0 fully saturated rings. The van der Waals surface area contributed by atoms with E-state index in [0.717, 1.165) is 16.8 Å². The molecule has 0 saturated carbocycles. The van der Waals surface area contributed by atoms with Crippen LogP contribution in [0.25, 0.3) is 0 Å². The second-order valence-corrected chi connectivity index (χ2v) is 3.40. The third-order valence-electron chi connectivity index (χ3n) is 2.22. The van der Waals surface area contributed by atoms with E-state index in [-0.39, 0.29) is 0 Å². The summed E-state index contributed by atoms with van der Waals surface area (Å²) < 4.78 is 0. The monoisotopic (exact) mass is 208 g/mol. The molecule has 0 aliphatic carbocycles. The fourth-order valence-electron chi connectivity index (χ4n) is 1.34. The van der Waals surface area contributed by atoms with Crippen LogP contribution in [0.1, 0.15) is 11.1 Å². The minimum absolute atomic E-state index is 0.900. The van der Waals surface area contributed by atoms with Gasteiger partial charge in [0, 0.05) is 12.4 Å². The van der Waals surface area contributed by atoms with Crippen LogP contribution in [0.4, 0.5) is 5.69 Å². The maximum atomic E-state index is 7.09. The van der Waals surface area contributed by atoms with Gasteiger partial charge in [-0.05, 0) is 23.3 Å². The van der Waals surface area contributed by atoms with Gasteiger partial charge in [-0.15, -0.1) is 0 Å². The van der Waals surface area contributed by atoms with Crippen molar-refractivity contribution >= 4 is 18.1 Å². The molecule has 0 aliphatic heterocycles. The summed E-state index contributed by atoms with van der Waals surface area (Å²) in [6.07, 6.45) is 3.15. The van der Waals surface area contributed by atoms with Gasteiger partial charge >= 0.3 is 0 Å². The number of hydrogen-bond acceptors (Lipinski definition) is 2. The number of para-hydroxylation sites is 1. The zero-order valence-corrected chi connectivity index (χ0v) is 8.80. The highest BCUT2D eigenvalue weighted by Gasteiger charge is 1.89. The highest BCUT2D eigenvalue weighted by Crippen LogP contribution is 2.09. The summed E-state index contributed by atoms with van der Waals surface area (Å²) in [5.74, 6) is 0. The number of rotatable bonds is 3. The first-order chi connectivity index (χ1) is 7.88. The fraction of sp³-hybridized carbons (Fsp3) is 0. The molecule has 0 saturated heterocycles. The van der Waals surface area contributed by atoms with Gasteiger partial charge < -0.3 is 5.41 Å². The molecule has 0 heterocycles. The molecule has 0 atom stereocenters. The molecule has 2 rings (SSSR count). The van der Waals surface area contributed by atoms with Gasteiger partial charge in [0.1, 0.15) is 0 Å². The van der Waals surface area contributed by atoms with Gasteiger partial charge in [-0.25, -0.2) is 0 Å². The number of hydrogen-bond donors (Lipinski definition) is 1. The Hall–Kier alpha value is -2.22. The van der Waals surface area contributed by atoms with Crippen molar-refractivity contribution in [1.82, 2.24) is 0 Å². The molecule has 0 radical (unpaired) electrons. The van der Waals surface area contributed by atoms with Gasteiger partial charge in [-0.2, -0.15) is 0 Å². The van der Waals surface area contributed by atoms with Crippen molar-refractivity contribution in [2.45, 2.75) is 0 Å². The Bertz CT molecular complexity index is 484. The van der Waals surface area contributed by atoms with E-state index in [1.807, 2.05) is 60.8 Å². The molecule has 16 heavy (non-hydrogen) atoms. The highest BCUT2D eigenvalue weighted by molar-refractivity contribution is 5.84. The molecule has 2 heteroatoms. The minimum atomic E-state index is 0.900. The Morgan fingerprint density at radius 3 is 2.06 bits per heavy atom. The molecule has 78 valence electrons. The van der Waals surface area contributed by atoms with Crippen LogP contribution in [0, 0.1) is 5.41 Å². The molecule has 2 nitrogen and oxygen atoms in total. The van der Waals surface area contributed by atoms with Gasteiger partial charge in [-0.1, -0.05) is 42.5 Å². The normalized spacial score (nSPS) is 10.5. The topological polar surface area (TPSA) is 36.2 Å². The zero-order valence-electron chi connectivity index (χ0n) is 8.80. The van der Waals surface area contributed by atoms with Crippen molar-refractivity contribution < 1.29 is 0 Å².